The van der Waals surface area contributed by atoms with E-state index in [9.17, 15) is 4.79 Å². The molecule has 0 saturated carbocycles. The normalized spacial score (nSPS) is 25.7. The van der Waals surface area contributed by atoms with Crippen LogP contribution < -0.4 is 0 Å². The third kappa shape index (κ3) is 2.56. The van der Waals surface area contributed by atoms with Crippen molar-refractivity contribution < 1.29 is 14.3 Å². The summed E-state index contributed by atoms with van der Waals surface area (Å²) in [5.41, 5.74) is -0.345. The van der Waals surface area contributed by atoms with Gasteiger partial charge >= 0.3 is 5.97 Å². The summed E-state index contributed by atoms with van der Waals surface area (Å²) < 4.78 is 10.3. The minimum Gasteiger partial charge on any atom is -0.459 e. The lowest BCUT2D eigenvalue weighted by molar-refractivity contribution is -0.148. The molecule has 1 saturated heterocycles. The van der Waals surface area contributed by atoms with Gasteiger partial charge in [-0.25, -0.2) is 0 Å². The van der Waals surface area contributed by atoms with E-state index in [4.69, 9.17) is 9.47 Å². The lowest BCUT2D eigenvalue weighted by atomic mass is 9.90. The lowest BCUT2D eigenvalue weighted by Crippen LogP contribution is -2.17. The molecule has 1 unspecified atom stereocenters. The van der Waals surface area contributed by atoms with Crippen molar-refractivity contribution in [2.45, 2.75) is 26.4 Å². The molecule has 0 spiro atoms. The average Bonchev–Trinajstić information content (AvgIpc) is 2.27. The number of hydrogen-bond donors (Lipinski definition) is 0. The zero-order chi connectivity index (χ0) is 9.90. The highest BCUT2D eigenvalue weighted by molar-refractivity contribution is 5.78. The molecular weight excluding hydrogens is 168 g/mol. The molecule has 13 heavy (non-hydrogen) atoms. The smallest absolute Gasteiger partial charge is 0.312 e. The van der Waals surface area contributed by atoms with Gasteiger partial charge in [0, 0.05) is 6.42 Å². The van der Waals surface area contributed by atoms with Crippen LogP contribution in [0.2, 0.25) is 0 Å². The molecule has 0 aromatic rings. The van der Waals surface area contributed by atoms with Crippen LogP contribution in [0.15, 0.2) is 12.7 Å². The molecule has 0 aromatic heterocycles. The molecular formula is C10H16O3. The highest BCUT2D eigenvalue weighted by Crippen LogP contribution is 2.32. The molecule has 1 atom stereocenters. The standard InChI is InChI=1S/C10H16O3/c1-4-5-12-7-8-6-10(2,3)9(11)13-8/h4,8H,1,5-7H2,2-3H3. The fraction of sp³-hybridized carbons (Fsp3) is 0.700. The van der Waals surface area contributed by atoms with Gasteiger partial charge in [-0.15, -0.1) is 6.58 Å². The van der Waals surface area contributed by atoms with E-state index in [-0.39, 0.29) is 17.5 Å². The maximum Gasteiger partial charge on any atom is 0.312 e. The number of rotatable bonds is 4. The first-order valence-electron chi connectivity index (χ1n) is 4.46. The summed E-state index contributed by atoms with van der Waals surface area (Å²) in [6.07, 6.45) is 2.34. The van der Waals surface area contributed by atoms with E-state index in [1.165, 1.54) is 0 Å². The predicted octanol–water partition coefficient (Wildman–Crippen LogP) is 1.53. The van der Waals surface area contributed by atoms with Crippen molar-refractivity contribution in [1.82, 2.24) is 0 Å². The zero-order valence-electron chi connectivity index (χ0n) is 8.21. The second kappa shape index (κ2) is 3.92. The largest absolute Gasteiger partial charge is 0.459 e. The summed E-state index contributed by atoms with van der Waals surface area (Å²) in [7, 11) is 0. The Bertz CT molecular complexity index is 208. The molecule has 0 aromatic carbocycles. The molecule has 0 N–H and O–H groups in total. The SMILES string of the molecule is C=CCOCC1CC(C)(C)C(=O)O1. The van der Waals surface area contributed by atoms with E-state index >= 15 is 0 Å². The molecule has 1 aliphatic rings. The summed E-state index contributed by atoms with van der Waals surface area (Å²) in [6, 6.07) is 0. The second-order valence-corrected chi connectivity index (χ2v) is 3.94. The topological polar surface area (TPSA) is 35.5 Å². The molecule has 0 radical (unpaired) electrons. The molecule has 0 amide bonds. The maximum atomic E-state index is 11.2. The van der Waals surface area contributed by atoms with Gasteiger partial charge in [0.05, 0.1) is 18.6 Å². The summed E-state index contributed by atoms with van der Waals surface area (Å²) >= 11 is 0. The van der Waals surface area contributed by atoms with Gasteiger partial charge < -0.3 is 9.47 Å². The highest BCUT2D eigenvalue weighted by atomic mass is 16.6. The summed E-state index contributed by atoms with van der Waals surface area (Å²) in [4.78, 5) is 11.2. The first-order valence-corrected chi connectivity index (χ1v) is 4.46. The van der Waals surface area contributed by atoms with Crippen molar-refractivity contribution >= 4 is 5.97 Å². The van der Waals surface area contributed by atoms with Crippen molar-refractivity contribution in [2.24, 2.45) is 5.41 Å². The van der Waals surface area contributed by atoms with E-state index < -0.39 is 0 Å². The van der Waals surface area contributed by atoms with Gasteiger partial charge in [0.25, 0.3) is 0 Å². The van der Waals surface area contributed by atoms with Crippen LogP contribution in [0.4, 0.5) is 0 Å². The molecule has 0 aliphatic carbocycles. The van der Waals surface area contributed by atoms with E-state index in [0.717, 1.165) is 6.42 Å². The Morgan fingerprint density at radius 1 is 1.77 bits per heavy atom. The maximum absolute atomic E-state index is 11.2. The van der Waals surface area contributed by atoms with Crippen LogP contribution in [0.3, 0.4) is 0 Å². The summed E-state index contributed by atoms with van der Waals surface area (Å²) in [6.45, 7) is 8.30. The minimum atomic E-state index is -0.345. The van der Waals surface area contributed by atoms with Crippen LogP contribution in [0.5, 0.6) is 0 Å². The van der Waals surface area contributed by atoms with Gasteiger partial charge in [-0.05, 0) is 13.8 Å². The van der Waals surface area contributed by atoms with Crippen LogP contribution in [-0.4, -0.2) is 25.3 Å². The Hall–Kier alpha value is -0.830. The second-order valence-electron chi connectivity index (χ2n) is 3.94. The van der Waals surface area contributed by atoms with Gasteiger partial charge in [0.1, 0.15) is 6.10 Å². The first kappa shape index (κ1) is 10.3. The number of carbonyl (C=O) groups is 1. The molecule has 1 heterocycles. The summed E-state index contributed by atoms with van der Waals surface area (Å²) in [5, 5.41) is 0. The van der Waals surface area contributed by atoms with Gasteiger partial charge in [-0.2, -0.15) is 0 Å². The number of hydrogen-bond acceptors (Lipinski definition) is 3. The lowest BCUT2D eigenvalue weighted by Gasteiger charge is -2.10. The molecule has 74 valence electrons. The van der Waals surface area contributed by atoms with Gasteiger partial charge in [-0.1, -0.05) is 6.08 Å². The van der Waals surface area contributed by atoms with Crippen LogP contribution in [-0.2, 0) is 14.3 Å². The Balaban J connectivity index is 2.32. The van der Waals surface area contributed by atoms with Gasteiger partial charge in [0.2, 0.25) is 0 Å². The number of ether oxygens (including phenoxy) is 2. The molecule has 3 nitrogen and oxygen atoms in total. The zero-order valence-corrected chi connectivity index (χ0v) is 8.21. The van der Waals surface area contributed by atoms with Gasteiger partial charge in [-0.3, -0.25) is 4.79 Å². The molecule has 1 rings (SSSR count). The fourth-order valence-electron chi connectivity index (χ4n) is 1.38. The number of esters is 1. The Kier molecular flexibility index (Phi) is 3.09. The van der Waals surface area contributed by atoms with Crippen molar-refractivity contribution in [2.75, 3.05) is 13.2 Å². The van der Waals surface area contributed by atoms with Crippen LogP contribution in [0.1, 0.15) is 20.3 Å². The van der Waals surface area contributed by atoms with Crippen molar-refractivity contribution in [1.29, 1.82) is 0 Å². The van der Waals surface area contributed by atoms with Crippen LogP contribution >= 0.6 is 0 Å². The molecule has 1 fully saturated rings. The summed E-state index contributed by atoms with van der Waals surface area (Å²) in [5.74, 6) is -0.125. The molecule has 1 aliphatic heterocycles. The van der Waals surface area contributed by atoms with E-state index in [0.29, 0.717) is 13.2 Å². The third-order valence-corrected chi connectivity index (χ3v) is 2.10. The van der Waals surface area contributed by atoms with E-state index in [2.05, 4.69) is 6.58 Å². The van der Waals surface area contributed by atoms with Crippen LogP contribution in [0.25, 0.3) is 0 Å². The van der Waals surface area contributed by atoms with Crippen molar-refractivity contribution in [3.05, 3.63) is 12.7 Å². The highest BCUT2D eigenvalue weighted by Gasteiger charge is 2.41. The van der Waals surface area contributed by atoms with Gasteiger partial charge in [0.15, 0.2) is 0 Å². The van der Waals surface area contributed by atoms with Crippen LogP contribution in [0, 0.1) is 5.41 Å². The predicted molar refractivity (Wildman–Crippen MR) is 49.3 cm³/mol. The monoisotopic (exact) mass is 184 g/mol. The molecule has 3 heteroatoms. The quantitative estimate of drug-likeness (QED) is 0.377. The number of cyclic esters (lactones) is 1. The Labute approximate surface area is 78.7 Å². The third-order valence-electron chi connectivity index (χ3n) is 2.10. The average molecular weight is 184 g/mol. The fourth-order valence-corrected chi connectivity index (χ4v) is 1.38. The minimum absolute atomic E-state index is 0.0811. The number of carbonyl (C=O) groups excluding carboxylic acids is 1. The van der Waals surface area contributed by atoms with Crippen molar-refractivity contribution in [3.63, 3.8) is 0 Å². The van der Waals surface area contributed by atoms with E-state index in [1.54, 1.807) is 6.08 Å². The van der Waals surface area contributed by atoms with Crippen molar-refractivity contribution in [3.8, 4) is 0 Å². The Morgan fingerprint density at radius 3 is 2.92 bits per heavy atom. The van der Waals surface area contributed by atoms with E-state index in [1.807, 2.05) is 13.8 Å². The molecule has 0 bridgehead atoms. The Morgan fingerprint density at radius 2 is 2.46 bits per heavy atom. The first-order chi connectivity index (χ1) is 6.06.